The third kappa shape index (κ3) is 7.64. The van der Waals surface area contributed by atoms with Crippen LogP contribution in [-0.4, -0.2) is 39.8 Å². The van der Waals surface area contributed by atoms with Crippen LogP contribution >= 0.6 is 21.7 Å². The summed E-state index contributed by atoms with van der Waals surface area (Å²) in [6.07, 6.45) is 9.60. The van der Waals surface area contributed by atoms with E-state index >= 15 is 0 Å². The van der Waals surface area contributed by atoms with Gasteiger partial charge in [0.05, 0.1) is 6.10 Å². The maximum Gasteiger partial charge on any atom is 0.225 e. The van der Waals surface area contributed by atoms with E-state index in [9.17, 15) is 0 Å². The largest absolute Gasteiger partial charge is 0.352 e. The van der Waals surface area contributed by atoms with Gasteiger partial charge in [0.2, 0.25) is 5.95 Å². The van der Waals surface area contributed by atoms with Gasteiger partial charge in [-0.05, 0) is 43.9 Å². The lowest BCUT2D eigenvalue weighted by molar-refractivity contribution is 0.155. The fraction of sp³-hybridized carbons (Fsp3) is 0.765. The highest BCUT2D eigenvalue weighted by atomic mass is 32.1. The highest BCUT2D eigenvalue weighted by molar-refractivity contribution is 7.80. The van der Waals surface area contributed by atoms with Crippen LogP contribution in [0.3, 0.4) is 0 Å². The molecule has 1 N–H and O–H groups in total. The Morgan fingerprint density at radius 3 is 2.50 bits per heavy atom. The summed E-state index contributed by atoms with van der Waals surface area (Å²) in [5.74, 6) is 1.59. The molecule has 1 aromatic heterocycles. The summed E-state index contributed by atoms with van der Waals surface area (Å²) in [7, 11) is 1.66. The monoisotopic (exact) mass is 373 g/mol. The first kappa shape index (κ1) is 21.6. The summed E-state index contributed by atoms with van der Waals surface area (Å²) in [6.45, 7) is 4.36. The zero-order valence-electron chi connectivity index (χ0n) is 15.1. The Kier molecular flexibility index (Phi) is 11.6. The first-order chi connectivity index (χ1) is 11.7. The Hall–Kier alpha value is -0.420. The molecular weight excluding hydrogens is 341 g/mol. The van der Waals surface area contributed by atoms with Gasteiger partial charge < -0.3 is 14.3 Å². The van der Waals surface area contributed by atoms with Crippen LogP contribution in [0.2, 0.25) is 0 Å². The second kappa shape index (κ2) is 12.9. The average Bonchev–Trinajstić information content (AvgIpc) is 2.63. The number of thiol groups is 1. The van der Waals surface area contributed by atoms with E-state index in [0.29, 0.717) is 6.04 Å². The van der Waals surface area contributed by atoms with Crippen molar-refractivity contribution in [1.29, 1.82) is 0 Å². The Morgan fingerprint density at radius 1 is 1.29 bits per heavy atom. The fourth-order valence-electron chi connectivity index (χ4n) is 2.60. The standard InChI is InChI=1S/C13H22N3O2PS.C4H10/c1-16(11-2-4-12(5-3-11)18-19-17)13-14-8-6-10(15-13)7-9-20;1-3-4-2/h6,8,11-12,17,19-20H,2-5,7,9H2,1H3;3-4H2,1-2H3. The molecule has 2 rings (SSSR count). The number of unbranched alkanes of at least 4 members (excludes halogenated alkanes) is 1. The van der Waals surface area contributed by atoms with Crippen LogP contribution in [0, 0.1) is 0 Å². The van der Waals surface area contributed by atoms with E-state index in [-0.39, 0.29) is 6.10 Å². The highest BCUT2D eigenvalue weighted by Crippen LogP contribution is 2.29. The maximum absolute atomic E-state index is 8.82. The number of aromatic nitrogens is 2. The molecule has 138 valence electrons. The van der Waals surface area contributed by atoms with Gasteiger partial charge in [0.1, 0.15) is 0 Å². The minimum Gasteiger partial charge on any atom is -0.352 e. The van der Waals surface area contributed by atoms with E-state index < -0.39 is 9.03 Å². The first-order valence-corrected chi connectivity index (χ1v) is 10.3. The second-order valence-electron chi connectivity index (χ2n) is 6.07. The van der Waals surface area contributed by atoms with Gasteiger partial charge in [-0.1, -0.05) is 26.7 Å². The van der Waals surface area contributed by atoms with Crippen molar-refractivity contribution in [2.75, 3.05) is 17.7 Å². The van der Waals surface area contributed by atoms with E-state index in [0.717, 1.165) is 49.5 Å². The topological polar surface area (TPSA) is 58.5 Å². The van der Waals surface area contributed by atoms with Gasteiger partial charge in [-0.2, -0.15) is 12.6 Å². The van der Waals surface area contributed by atoms with Crippen molar-refractivity contribution in [3.63, 3.8) is 0 Å². The summed E-state index contributed by atoms with van der Waals surface area (Å²) < 4.78 is 5.29. The van der Waals surface area contributed by atoms with E-state index in [4.69, 9.17) is 9.42 Å². The summed E-state index contributed by atoms with van der Waals surface area (Å²) in [4.78, 5) is 19.9. The molecule has 0 spiro atoms. The first-order valence-electron chi connectivity index (χ1n) is 8.86. The van der Waals surface area contributed by atoms with Crippen LogP contribution in [0.15, 0.2) is 12.3 Å². The molecule has 1 aliphatic rings. The molecule has 0 bridgehead atoms. The molecule has 1 aromatic rings. The number of nitrogens with zero attached hydrogens (tertiary/aromatic N) is 3. The Morgan fingerprint density at radius 2 is 1.96 bits per heavy atom. The second-order valence-corrected chi connectivity index (χ2v) is 6.94. The molecule has 1 saturated carbocycles. The van der Waals surface area contributed by atoms with Crippen molar-refractivity contribution in [1.82, 2.24) is 9.97 Å². The van der Waals surface area contributed by atoms with Crippen LogP contribution in [0.25, 0.3) is 0 Å². The van der Waals surface area contributed by atoms with Gasteiger partial charge in [-0.3, -0.25) is 0 Å². The van der Waals surface area contributed by atoms with Crippen LogP contribution in [-0.2, 0) is 10.9 Å². The molecule has 0 aliphatic heterocycles. The molecule has 0 aromatic carbocycles. The van der Waals surface area contributed by atoms with E-state index in [1.54, 1.807) is 0 Å². The maximum atomic E-state index is 8.82. The van der Waals surface area contributed by atoms with Gasteiger partial charge in [0, 0.05) is 25.0 Å². The van der Waals surface area contributed by atoms with Crippen molar-refractivity contribution < 1.29 is 9.42 Å². The van der Waals surface area contributed by atoms with Crippen molar-refractivity contribution in [2.24, 2.45) is 0 Å². The molecule has 0 radical (unpaired) electrons. The van der Waals surface area contributed by atoms with Crippen molar-refractivity contribution in [3.05, 3.63) is 18.0 Å². The SMILES string of the molecule is CCCC.CN(c1nccc(CCS)n1)C1CCC(OPO)CC1. The third-order valence-electron chi connectivity index (χ3n) is 4.29. The van der Waals surface area contributed by atoms with Gasteiger partial charge in [0.25, 0.3) is 0 Å². The number of anilines is 1. The minimum atomic E-state index is -0.399. The fourth-order valence-corrected chi connectivity index (χ4v) is 3.21. The predicted molar refractivity (Wildman–Crippen MR) is 106 cm³/mol. The smallest absolute Gasteiger partial charge is 0.225 e. The predicted octanol–water partition coefficient (Wildman–Crippen LogP) is 4.02. The number of hydrogen-bond acceptors (Lipinski definition) is 6. The van der Waals surface area contributed by atoms with Gasteiger partial charge in [-0.15, -0.1) is 0 Å². The molecule has 7 heteroatoms. The molecular formula is C17H32N3O2PS. The van der Waals surface area contributed by atoms with Crippen LogP contribution < -0.4 is 4.90 Å². The zero-order valence-corrected chi connectivity index (χ0v) is 17.0. The van der Waals surface area contributed by atoms with Crippen molar-refractivity contribution in [3.8, 4) is 0 Å². The summed E-state index contributed by atoms with van der Waals surface area (Å²) in [5, 5.41) is 0. The number of hydrogen-bond donors (Lipinski definition) is 2. The molecule has 1 aliphatic carbocycles. The molecule has 0 amide bonds. The van der Waals surface area contributed by atoms with Gasteiger partial charge in [0.15, 0.2) is 9.03 Å². The Labute approximate surface area is 154 Å². The van der Waals surface area contributed by atoms with E-state index in [1.807, 2.05) is 12.3 Å². The molecule has 1 atom stereocenters. The summed E-state index contributed by atoms with van der Waals surface area (Å²) >= 11 is 4.24. The lowest BCUT2D eigenvalue weighted by atomic mass is 9.92. The summed E-state index contributed by atoms with van der Waals surface area (Å²) in [5.41, 5.74) is 1.04. The quantitative estimate of drug-likeness (QED) is 0.558. The summed E-state index contributed by atoms with van der Waals surface area (Å²) in [6, 6.07) is 2.39. The lowest BCUT2D eigenvalue weighted by Crippen LogP contribution is -2.37. The van der Waals surface area contributed by atoms with Crippen molar-refractivity contribution in [2.45, 2.75) is 70.9 Å². The highest BCUT2D eigenvalue weighted by Gasteiger charge is 2.25. The zero-order chi connectivity index (χ0) is 17.8. The van der Waals surface area contributed by atoms with Crippen LogP contribution in [0.5, 0.6) is 0 Å². The Balaban J connectivity index is 0.000000648. The van der Waals surface area contributed by atoms with Gasteiger partial charge >= 0.3 is 0 Å². The number of rotatable bonds is 7. The Bertz CT molecular complexity index is 444. The molecule has 1 heterocycles. The normalized spacial score (nSPS) is 20.7. The van der Waals surface area contributed by atoms with E-state index in [1.165, 1.54) is 12.8 Å². The van der Waals surface area contributed by atoms with Crippen molar-refractivity contribution >= 4 is 27.6 Å². The van der Waals surface area contributed by atoms with Crippen LogP contribution in [0.1, 0.15) is 58.1 Å². The van der Waals surface area contributed by atoms with Gasteiger partial charge in [-0.25, -0.2) is 9.97 Å². The van der Waals surface area contributed by atoms with Crippen LogP contribution in [0.4, 0.5) is 5.95 Å². The number of aryl methyl sites for hydroxylation is 1. The molecule has 0 saturated heterocycles. The molecule has 1 fully saturated rings. The minimum absolute atomic E-state index is 0.208. The van der Waals surface area contributed by atoms with E-state index in [2.05, 4.69) is 48.4 Å². The lowest BCUT2D eigenvalue weighted by Gasteiger charge is -2.34. The third-order valence-corrected chi connectivity index (χ3v) is 4.96. The molecule has 24 heavy (non-hydrogen) atoms. The average molecular weight is 374 g/mol. The molecule has 5 nitrogen and oxygen atoms in total. The molecule has 1 unspecified atom stereocenters.